The van der Waals surface area contributed by atoms with Crippen LogP contribution in [-0.4, -0.2) is 41.3 Å². The molecule has 0 fully saturated rings. The van der Waals surface area contributed by atoms with Gasteiger partial charge < -0.3 is 19.9 Å². The van der Waals surface area contributed by atoms with Crippen molar-refractivity contribution in [1.82, 2.24) is 14.9 Å². The molecule has 0 radical (unpaired) electrons. The molecule has 9 heteroatoms. The summed E-state index contributed by atoms with van der Waals surface area (Å²) >= 11 is 1.40. The number of hydrogen-bond acceptors (Lipinski definition) is 7. The van der Waals surface area contributed by atoms with E-state index in [0.29, 0.717) is 27.3 Å². The number of ether oxygens (including phenoxy) is 2. The van der Waals surface area contributed by atoms with Crippen LogP contribution in [0.3, 0.4) is 0 Å². The van der Waals surface area contributed by atoms with Gasteiger partial charge in [0.1, 0.15) is 16.3 Å². The van der Waals surface area contributed by atoms with E-state index in [-0.39, 0.29) is 31.0 Å². The highest BCUT2D eigenvalue weighted by Gasteiger charge is 2.16. The van der Waals surface area contributed by atoms with Crippen LogP contribution < -0.4 is 20.3 Å². The first-order valence-electron chi connectivity index (χ1n) is 8.62. The van der Waals surface area contributed by atoms with Crippen molar-refractivity contribution < 1.29 is 19.4 Å². The van der Waals surface area contributed by atoms with Gasteiger partial charge in [0.05, 0.1) is 32.0 Å². The van der Waals surface area contributed by atoms with Crippen LogP contribution in [-0.2, 0) is 11.3 Å². The van der Waals surface area contributed by atoms with Gasteiger partial charge in [-0.1, -0.05) is 0 Å². The van der Waals surface area contributed by atoms with Crippen LogP contribution >= 0.6 is 11.3 Å². The molecule has 1 unspecified atom stereocenters. The van der Waals surface area contributed by atoms with Crippen LogP contribution in [0, 0.1) is 0 Å². The number of aryl methyl sites for hydroxylation is 1. The van der Waals surface area contributed by atoms with Crippen molar-refractivity contribution in [3.05, 3.63) is 51.9 Å². The zero-order chi connectivity index (χ0) is 20.1. The summed E-state index contributed by atoms with van der Waals surface area (Å²) in [5.74, 6) is 0.805. The Bertz CT molecular complexity index is 1030. The van der Waals surface area contributed by atoms with E-state index in [0.717, 1.165) is 0 Å². The summed E-state index contributed by atoms with van der Waals surface area (Å²) in [5, 5.41) is 15.4. The summed E-state index contributed by atoms with van der Waals surface area (Å²) in [4.78, 5) is 29.4. The van der Waals surface area contributed by atoms with Gasteiger partial charge in [0.25, 0.3) is 5.56 Å². The van der Waals surface area contributed by atoms with Crippen molar-refractivity contribution in [3.63, 3.8) is 0 Å². The number of carbonyl (C=O) groups excluding carboxylic acids is 1. The number of rotatable bonds is 8. The second-order valence-corrected chi connectivity index (χ2v) is 6.95. The van der Waals surface area contributed by atoms with Gasteiger partial charge in [0, 0.05) is 25.1 Å². The van der Waals surface area contributed by atoms with Crippen molar-refractivity contribution in [2.24, 2.45) is 0 Å². The summed E-state index contributed by atoms with van der Waals surface area (Å²) in [6, 6.07) is 6.81. The Hall–Kier alpha value is -2.91. The summed E-state index contributed by atoms with van der Waals surface area (Å²) in [6.07, 6.45) is 0.587. The van der Waals surface area contributed by atoms with Crippen LogP contribution in [0.2, 0.25) is 0 Å². The number of amides is 1. The topological polar surface area (TPSA) is 103 Å². The fourth-order valence-electron chi connectivity index (χ4n) is 2.78. The minimum atomic E-state index is -0.958. The molecule has 1 amide bonds. The normalized spacial score (nSPS) is 12.0. The van der Waals surface area contributed by atoms with E-state index in [2.05, 4.69) is 10.3 Å². The molecule has 8 nitrogen and oxygen atoms in total. The number of aromatic nitrogens is 2. The third-order valence-electron chi connectivity index (χ3n) is 4.32. The number of thiophene rings is 1. The second-order valence-electron chi connectivity index (χ2n) is 6.06. The van der Waals surface area contributed by atoms with Crippen LogP contribution in [0.1, 0.15) is 18.1 Å². The minimum absolute atomic E-state index is 0.0130. The lowest BCUT2D eigenvalue weighted by Crippen LogP contribution is -2.30. The van der Waals surface area contributed by atoms with Crippen LogP contribution in [0.15, 0.2) is 40.8 Å². The Balaban J connectivity index is 1.58. The highest BCUT2D eigenvalue weighted by Crippen LogP contribution is 2.29. The van der Waals surface area contributed by atoms with E-state index < -0.39 is 6.10 Å². The highest BCUT2D eigenvalue weighted by molar-refractivity contribution is 7.16. The van der Waals surface area contributed by atoms with Gasteiger partial charge in [0.2, 0.25) is 5.91 Å². The Morgan fingerprint density at radius 2 is 2.14 bits per heavy atom. The van der Waals surface area contributed by atoms with Crippen molar-refractivity contribution >= 4 is 27.5 Å². The van der Waals surface area contributed by atoms with Gasteiger partial charge in [-0.15, -0.1) is 11.3 Å². The van der Waals surface area contributed by atoms with Gasteiger partial charge in [-0.3, -0.25) is 14.2 Å². The maximum atomic E-state index is 12.3. The molecular formula is C19H21N3O5S. The molecule has 3 rings (SSSR count). The third kappa shape index (κ3) is 4.32. The summed E-state index contributed by atoms with van der Waals surface area (Å²) in [6.45, 7) is 0.223. The SMILES string of the molecule is COc1ccc(OC)c(C(O)CNC(=O)CCn2cnc3sccc3c2=O)c1. The van der Waals surface area contributed by atoms with Gasteiger partial charge in [-0.05, 0) is 29.6 Å². The summed E-state index contributed by atoms with van der Waals surface area (Å²) in [7, 11) is 3.04. The molecular weight excluding hydrogens is 382 g/mol. The molecule has 0 bridgehead atoms. The lowest BCUT2D eigenvalue weighted by molar-refractivity contribution is -0.121. The first kappa shape index (κ1) is 19.8. The molecule has 0 saturated carbocycles. The number of carbonyl (C=O) groups is 1. The number of nitrogens with one attached hydrogen (secondary N) is 1. The Morgan fingerprint density at radius 3 is 2.89 bits per heavy atom. The number of nitrogens with zero attached hydrogens (tertiary/aromatic N) is 2. The molecule has 2 heterocycles. The van der Waals surface area contributed by atoms with Gasteiger partial charge in [-0.25, -0.2) is 4.98 Å². The molecule has 28 heavy (non-hydrogen) atoms. The van der Waals surface area contributed by atoms with Crippen molar-refractivity contribution in [3.8, 4) is 11.5 Å². The highest BCUT2D eigenvalue weighted by atomic mass is 32.1. The minimum Gasteiger partial charge on any atom is -0.497 e. The average molecular weight is 403 g/mol. The Morgan fingerprint density at radius 1 is 1.32 bits per heavy atom. The molecule has 148 valence electrons. The number of aliphatic hydroxyl groups excluding tert-OH is 1. The number of benzene rings is 1. The lowest BCUT2D eigenvalue weighted by Gasteiger charge is -2.16. The monoisotopic (exact) mass is 403 g/mol. The van der Waals surface area contributed by atoms with E-state index in [1.807, 2.05) is 5.38 Å². The fourth-order valence-corrected chi connectivity index (χ4v) is 3.51. The van der Waals surface area contributed by atoms with E-state index in [1.54, 1.807) is 24.3 Å². The standard InChI is InChI=1S/C19H21N3O5S/c1-26-12-3-4-16(27-2)14(9-12)15(23)10-20-17(24)5-7-22-11-21-18-13(19(22)25)6-8-28-18/h3-4,6,8-9,11,15,23H,5,7,10H2,1-2H3,(H,20,24). The largest absolute Gasteiger partial charge is 0.497 e. The number of aliphatic hydroxyl groups is 1. The summed E-state index contributed by atoms with van der Waals surface area (Å²) < 4.78 is 11.8. The molecule has 0 aliphatic rings. The van der Waals surface area contributed by atoms with Crippen LogP contribution in [0.25, 0.3) is 10.2 Å². The fraction of sp³-hybridized carbons (Fsp3) is 0.316. The predicted octanol–water partition coefficient (Wildman–Crippen LogP) is 1.72. The van der Waals surface area contributed by atoms with Gasteiger partial charge in [0.15, 0.2) is 0 Å². The first-order chi connectivity index (χ1) is 13.5. The van der Waals surface area contributed by atoms with Gasteiger partial charge in [-0.2, -0.15) is 0 Å². The lowest BCUT2D eigenvalue weighted by atomic mass is 10.1. The van der Waals surface area contributed by atoms with Crippen LogP contribution in [0.4, 0.5) is 0 Å². The van der Waals surface area contributed by atoms with E-state index in [9.17, 15) is 14.7 Å². The third-order valence-corrected chi connectivity index (χ3v) is 5.14. The molecule has 2 N–H and O–H groups in total. The van der Waals surface area contributed by atoms with Crippen LogP contribution in [0.5, 0.6) is 11.5 Å². The second kappa shape index (κ2) is 8.85. The summed E-state index contributed by atoms with van der Waals surface area (Å²) in [5.41, 5.74) is 0.352. The number of fused-ring (bicyclic) bond motifs is 1. The van der Waals surface area contributed by atoms with E-state index >= 15 is 0 Å². The Labute approximate surface area is 165 Å². The number of hydrogen-bond donors (Lipinski definition) is 2. The molecule has 0 saturated heterocycles. The smallest absolute Gasteiger partial charge is 0.262 e. The average Bonchev–Trinajstić information content (AvgIpc) is 3.20. The maximum absolute atomic E-state index is 12.3. The first-order valence-corrected chi connectivity index (χ1v) is 9.50. The van der Waals surface area contributed by atoms with Crippen molar-refractivity contribution in [2.75, 3.05) is 20.8 Å². The van der Waals surface area contributed by atoms with Crippen molar-refractivity contribution in [2.45, 2.75) is 19.1 Å². The number of methoxy groups -OCH3 is 2. The molecule has 1 aromatic carbocycles. The molecule has 0 aliphatic heterocycles. The van der Waals surface area contributed by atoms with E-state index in [1.165, 1.54) is 36.5 Å². The quantitative estimate of drug-likeness (QED) is 0.594. The van der Waals surface area contributed by atoms with Crippen molar-refractivity contribution in [1.29, 1.82) is 0 Å². The predicted molar refractivity (Wildman–Crippen MR) is 106 cm³/mol. The molecule has 0 spiro atoms. The molecule has 2 aromatic heterocycles. The molecule has 0 aliphatic carbocycles. The van der Waals surface area contributed by atoms with Gasteiger partial charge >= 0.3 is 0 Å². The Kier molecular flexibility index (Phi) is 6.27. The zero-order valence-corrected chi connectivity index (χ0v) is 16.4. The molecule has 3 aromatic rings. The molecule has 1 atom stereocenters. The van der Waals surface area contributed by atoms with E-state index in [4.69, 9.17) is 9.47 Å². The zero-order valence-electron chi connectivity index (χ0n) is 15.5. The maximum Gasteiger partial charge on any atom is 0.262 e.